The largest absolute Gasteiger partial charge is 0.390 e. The van der Waals surface area contributed by atoms with Crippen LogP contribution >= 0.6 is 0 Å². The number of amidine groups is 1. The maximum Gasteiger partial charge on any atom is 0.241 e. The fourth-order valence-electron chi connectivity index (χ4n) is 4.65. The van der Waals surface area contributed by atoms with Gasteiger partial charge in [-0.2, -0.15) is 5.10 Å². The smallest absolute Gasteiger partial charge is 0.241 e. The molecule has 2 aromatic rings. The SMILES string of the molecule is C=Nn1c(-c2cc(S(=O)(=O)NC34CCC(O)(CC3)C4)ccc2C)cnc1/C(N)=N\C. The molecule has 0 aliphatic heterocycles. The molecule has 2 bridgehead atoms. The average Bonchev–Trinajstić information content (AvgIpc) is 3.37. The van der Waals surface area contributed by atoms with Crippen LogP contribution in [-0.2, 0) is 10.0 Å². The summed E-state index contributed by atoms with van der Waals surface area (Å²) in [5.41, 5.74) is 6.66. The molecule has 1 aromatic carbocycles. The third kappa shape index (κ3) is 3.34. The molecule has 2 fully saturated rings. The molecule has 0 unspecified atom stereocenters. The molecule has 9 nitrogen and oxygen atoms in total. The van der Waals surface area contributed by atoms with E-state index < -0.39 is 21.2 Å². The van der Waals surface area contributed by atoms with Gasteiger partial charge in [-0.1, -0.05) is 6.07 Å². The highest BCUT2D eigenvalue weighted by Crippen LogP contribution is 2.51. The molecule has 4 N–H and O–H groups in total. The van der Waals surface area contributed by atoms with Gasteiger partial charge in [0.15, 0.2) is 11.7 Å². The summed E-state index contributed by atoms with van der Waals surface area (Å²) in [6, 6.07) is 4.93. The van der Waals surface area contributed by atoms with Crippen molar-refractivity contribution in [2.75, 3.05) is 7.05 Å². The predicted molar refractivity (Wildman–Crippen MR) is 115 cm³/mol. The van der Waals surface area contributed by atoms with Gasteiger partial charge in [0, 0.05) is 24.9 Å². The van der Waals surface area contributed by atoms with E-state index >= 15 is 0 Å². The van der Waals surface area contributed by atoms with E-state index in [0.29, 0.717) is 49.2 Å². The predicted octanol–water partition coefficient (Wildman–Crippen LogP) is 1.38. The summed E-state index contributed by atoms with van der Waals surface area (Å²) in [5, 5.41) is 14.4. The Morgan fingerprint density at radius 1 is 1.33 bits per heavy atom. The van der Waals surface area contributed by atoms with Gasteiger partial charge >= 0.3 is 0 Å². The Labute approximate surface area is 175 Å². The standard InChI is InChI=1S/C20H26N6O3S/c1-13-4-5-14(30(28,29)25-19-6-8-20(27,12-19)9-7-19)10-15(13)16-11-24-18(17(21)22-2)26(16)23-3/h4-5,10-11,25,27H,3,6-9,12H2,1-2H3,(H2,21,22). The molecule has 0 spiro atoms. The van der Waals surface area contributed by atoms with Gasteiger partial charge in [0.05, 0.1) is 22.4 Å². The van der Waals surface area contributed by atoms with Gasteiger partial charge in [0.1, 0.15) is 0 Å². The molecule has 0 amide bonds. The third-order valence-corrected chi connectivity index (χ3v) is 7.88. The monoisotopic (exact) mass is 430 g/mol. The Bertz CT molecular complexity index is 1140. The average molecular weight is 431 g/mol. The van der Waals surface area contributed by atoms with Crippen LogP contribution in [0.3, 0.4) is 0 Å². The second-order valence-electron chi connectivity index (χ2n) is 8.29. The Morgan fingerprint density at radius 3 is 2.60 bits per heavy atom. The molecule has 4 rings (SSSR count). The van der Waals surface area contributed by atoms with Crippen LogP contribution in [0.25, 0.3) is 11.3 Å². The third-order valence-electron chi connectivity index (χ3n) is 6.30. The molecule has 10 heteroatoms. The van der Waals surface area contributed by atoms with Crippen molar-refractivity contribution in [2.24, 2.45) is 15.8 Å². The van der Waals surface area contributed by atoms with E-state index in [4.69, 9.17) is 5.73 Å². The number of aryl methyl sites for hydroxylation is 1. The molecule has 2 aliphatic rings. The summed E-state index contributed by atoms with van der Waals surface area (Å²) in [7, 11) is -2.23. The van der Waals surface area contributed by atoms with Crippen LogP contribution in [0.15, 0.2) is 39.4 Å². The van der Waals surface area contributed by atoms with Crippen LogP contribution in [0.5, 0.6) is 0 Å². The van der Waals surface area contributed by atoms with E-state index in [-0.39, 0.29) is 10.7 Å². The van der Waals surface area contributed by atoms with Gasteiger partial charge in [-0.05, 0) is 56.7 Å². The minimum atomic E-state index is -3.78. The first-order valence-electron chi connectivity index (χ1n) is 9.77. The lowest BCUT2D eigenvalue weighted by Crippen LogP contribution is -2.44. The first kappa shape index (κ1) is 20.7. The van der Waals surface area contributed by atoms with Gasteiger partial charge in [-0.15, -0.1) is 0 Å². The normalized spacial score (nSPS) is 26.3. The summed E-state index contributed by atoms with van der Waals surface area (Å²) >= 11 is 0. The molecule has 2 saturated carbocycles. The quantitative estimate of drug-likeness (QED) is 0.470. The lowest BCUT2D eigenvalue weighted by Gasteiger charge is -2.27. The molecular weight excluding hydrogens is 404 g/mol. The van der Waals surface area contributed by atoms with E-state index in [9.17, 15) is 13.5 Å². The number of nitrogens with zero attached hydrogens (tertiary/aromatic N) is 4. The van der Waals surface area contributed by atoms with Crippen LogP contribution in [0, 0.1) is 6.92 Å². The maximum atomic E-state index is 13.2. The zero-order valence-electron chi connectivity index (χ0n) is 17.1. The summed E-state index contributed by atoms with van der Waals surface area (Å²) in [6.07, 6.45) is 4.58. The summed E-state index contributed by atoms with van der Waals surface area (Å²) < 4.78 is 30.7. The highest BCUT2D eigenvalue weighted by atomic mass is 32.2. The van der Waals surface area contributed by atoms with Crippen LogP contribution in [-0.4, -0.2) is 53.9 Å². The first-order valence-corrected chi connectivity index (χ1v) is 11.3. The van der Waals surface area contributed by atoms with Crippen LogP contribution in [0.4, 0.5) is 0 Å². The molecule has 160 valence electrons. The lowest BCUT2D eigenvalue weighted by molar-refractivity contribution is 0.0521. The maximum absolute atomic E-state index is 13.2. The van der Waals surface area contributed by atoms with Crippen molar-refractivity contribution >= 4 is 22.6 Å². The fourth-order valence-corrected chi connectivity index (χ4v) is 6.14. The van der Waals surface area contributed by atoms with E-state index in [1.54, 1.807) is 31.4 Å². The van der Waals surface area contributed by atoms with Crippen molar-refractivity contribution in [1.82, 2.24) is 14.4 Å². The van der Waals surface area contributed by atoms with E-state index in [1.807, 2.05) is 6.92 Å². The Kier molecular flexibility index (Phi) is 4.83. The van der Waals surface area contributed by atoms with Gasteiger partial charge in [-0.25, -0.2) is 22.8 Å². The van der Waals surface area contributed by atoms with Crippen LogP contribution in [0.2, 0.25) is 0 Å². The van der Waals surface area contributed by atoms with Gasteiger partial charge in [-0.3, -0.25) is 4.99 Å². The highest BCUT2D eigenvalue weighted by molar-refractivity contribution is 7.89. The van der Waals surface area contributed by atoms with Crippen molar-refractivity contribution in [2.45, 2.75) is 55.1 Å². The number of aromatic nitrogens is 2. The molecule has 0 atom stereocenters. The molecular formula is C20H26N6O3S. The van der Waals surface area contributed by atoms with Gasteiger partial charge < -0.3 is 10.8 Å². The lowest BCUT2D eigenvalue weighted by atomic mass is 9.94. The van der Waals surface area contributed by atoms with Crippen molar-refractivity contribution in [3.8, 4) is 11.3 Å². The second-order valence-corrected chi connectivity index (χ2v) is 9.98. The number of aliphatic imine (C=N–C) groups is 1. The Morgan fingerprint density at radius 2 is 2.03 bits per heavy atom. The van der Waals surface area contributed by atoms with Crippen molar-refractivity contribution in [1.29, 1.82) is 0 Å². The van der Waals surface area contributed by atoms with Crippen LogP contribution < -0.4 is 10.5 Å². The van der Waals surface area contributed by atoms with E-state index in [2.05, 4.69) is 26.5 Å². The van der Waals surface area contributed by atoms with Crippen molar-refractivity contribution in [3.05, 3.63) is 35.8 Å². The molecule has 1 heterocycles. The number of rotatable bonds is 6. The van der Waals surface area contributed by atoms with E-state index in [1.165, 1.54) is 4.68 Å². The summed E-state index contributed by atoms with van der Waals surface area (Å²) in [5.74, 6) is 0.536. The molecule has 2 aliphatic carbocycles. The van der Waals surface area contributed by atoms with Crippen molar-refractivity contribution < 1.29 is 13.5 Å². The van der Waals surface area contributed by atoms with Crippen molar-refractivity contribution in [3.63, 3.8) is 0 Å². The number of aliphatic hydroxyl groups is 1. The number of sulfonamides is 1. The number of imidazole rings is 1. The minimum Gasteiger partial charge on any atom is -0.390 e. The minimum absolute atomic E-state index is 0.148. The molecule has 0 saturated heterocycles. The number of fused-ring (bicyclic) bond motifs is 2. The van der Waals surface area contributed by atoms with Gasteiger partial charge in [0.2, 0.25) is 10.0 Å². The highest BCUT2D eigenvalue weighted by Gasteiger charge is 2.55. The Balaban J connectivity index is 1.73. The molecule has 30 heavy (non-hydrogen) atoms. The molecule has 1 aromatic heterocycles. The summed E-state index contributed by atoms with van der Waals surface area (Å²) in [4.78, 5) is 8.35. The number of hydrogen-bond acceptors (Lipinski definition) is 6. The zero-order valence-corrected chi connectivity index (χ0v) is 17.9. The number of benzene rings is 1. The number of nitrogens with one attached hydrogen (secondary N) is 1. The second kappa shape index (κ2) is 7.00. The summed E-state index contributed by atoms with van der Waals surface area (Å²) in [6.45, 7) is 5.45. The number of hydrogen-bond donors (Lipinski definition) is 3. The van der Waals surface area contributed by atoms with E-state index in [0.717, 1.165) is 5.56 Å². The first-order chi connectivity index (χ1) is 14.1. The molecule has 0 radical (unpaired) electrons. The van der Waals surface area contributed by atoms with Gasteiger partial charge in [0.25, 0.3) is 0 Å². The fraction of sp³-hybridized carbons (Fsp3) is 0.450. The topological polar surface area (TPSA) is 135 Å². The van der Waals surface area contributed by atoms with Crippen LogP contribution in [0.1, 0.15) is 43.5 Å². The number of nitrogens with two attached hydrogens (primary N) is 1. The zero-order chi connectivity index (χ0) is 21.7. The Hall–Kier alpha value is -2.56.